The Labute approximate surface area is 227 Å². The van der Waals surface area contributed by atoms with E-state index in [1.165, 1.54) is 11.2 Å². The van der Waals surface area contributed by atoms with E-state index in [1.54, 1.807) is 6.20 Å². The second-order valence-electron chi connectivity index (χ2n) is 8.98. The predicted molar refractivity (Wildman–Crippen MR) is 146 cm³/mol. The first-order valence-electron chi connectivity index (χ1n) is 12.0. The molecule has 0 saturated carbocycles. The summed E-state index contributed by atoms with van der Waals surface area (Å²) in [5.41, 5.74) is 3.86. The molecular formula is C26H26BrN7O4. The Morgan fingerprint density at radius 1 is 1.16 bits per heavy atom. The van der Waals surface area contributed by atoms with E-state index >= 15 is 0 Å². The van der Waals surface area contributed by atoms with Crippen molar-refractivity contribution in [2.24, 2.45) is 0 Å². The molecule has 3 N–H and O–H groups in total. The lowest BCUT2D eigenvalue weighted by molar-refractivity contribution is 0.0909. The number of carbonyl (C=O) groups is 1. The third kappa shape index (κ3) is 5.31. The van der Waals surface area contributed by atoms with Gasteiger partial charge in [-0.05, 0) is 71.7 Å². The summed E-state index contributed by atoms with van der Waals surface area (Å²) in [5, 5.41) is 22.5. The molecule has 1 atom stereocenters. The summed E-state index contributed by atoms with van der Waals surface area (Å²) in [7, 11) is 0. The van der Waals surface area contributed by atoms with Crippen LogP contribution in [0.1, 0.15) is 11.3 Å². The second-order valence-corrected chi connectivity index (χ2v) is 9.84. The zero-order chi connectivity index (χ0) is 26.8. The number of anilines is 3. The molecule has 4 aromatic rings. The van der Waals surface area contributed by atoms with E-state index < -0.39 is 12.1 Å². The van der Waals surface area contributed by atoms with Crippen LogP contribution in [0.2, 0.25) is 0 Å². The number of amides is 1. The molecule has 0 bridgehead atoms. The minimum atomic E-state index is -1.05. The fourth-order valence-corrected chi connectivity index (χ4v) is 4.90. The molecule has 1 saturated heterocycles. The Kier molecular flexibility index (Phi) is 7.25. The number of aryl methyl sites for hydroxylation is 2. The van der Waals surface area contributed by atoms with E-state index in [0.29, 0.717) is 41.5 Å². The van der Waals surface area contributed by atoms with Crippen LogP contribution < -0.4 is 15.0 Å². The van der Waals surface area contributed by atoms with E-state index in [2.05, 4.69) is 36.2 Å². The van der Waals surface area contributed by atoms with Crippen molar-refractivity contribution in [1.82, 2.24) is 24.8 Å². The minimum absolute atomic E-state index is 0.259. The van der Waals surface area contributed by atoms with Gasteiger partial charge in [0.2, 0.25) is 0 Å². The number of aromatic nitrogens is 4. The zero-order valence-electron chi connectivity index (χ0n) is 20.8. The van der Waals surface area contributed by atoms with Gasteiger partial charge in [0.05, 0.1) is 28.8 Å². The molecule has 4 heterocycles. The van der Waals surface area contributed by atoms with Crippen molar-refractivity contribution in [3.8, 4) is 11.5 Å². The SMILES string of the molecule is Cc1ccc(Oc2ccc(Nc3ncnc4cc(Br)c(N5CCN(C(=O)O)C(CO)C5)nc34)cc2C)cn1. The monoisotopic (exact) mass is 579 g/mol. The number of piperazine rings is 1. The summed E-state index contributed by atoms with van der Waals surface area (Å²) in [6, 6.07) is 10.8. The Bertz CT molecular complexity index is 1480. The molecule has 0 radical (unpaired) electrons. The number of hydrogen-bond acceptors (Lipinski definition) is 9. The number of ether oxygens (including phenoxy) is 1. The van der Waals surface area contributed by atoms with Crippen molar-refractivity contribution in [3.63, 3.8) is 0 Å². The normalized spacial score (nSPS) is 15.5. The Balaban J connectivity index is 1.40. The van der Waals surface area contributed by atoms with Gasteiger partial charge in [-0.15, -0.1) is 0 Å². The molecule has 11 nitrogen and oxygen atoms in total. The maximum absolute atomic E-state index is 11.5. The highest BCUT2D eigenvalue weighted by Crippen LogP contribution is 2.33. The molecule has 38 heavy (non-hydrogen) atoms. The lowest BCUT2D eigenvalue weighted by Gasteiger charge is -2.40. The number of rotatable bonds is 6. The number of halogens is 1. The van der Waals surface area contributed by atoms with Gasteiger partial charge in [0.25, 0.3) is 0 Å². The fraction of sp³-hybridized carbons (Fsp3) is 0.269. The number of pyridine rings is 2. The zero-order valence-corrected chi connectivity index (χ0v) is 22.4. The smallest absolute Gasteiger partial charge is 0.407 e. The van der Waals surface area contributed by atoms with E-state index in [1.807, 2.05) is 55.1 Å². The molecule has 196 valence electrons. The van der Waals surface area contributed by atoms with Crippen molar-refractivity contribution in [2.45, 2.75) is 19.9 Å². The van der Waals surface area contributed by atoms with Crippen molar-refractivity contribution in [1.29, 1.82) is 0 Å². The molecular weight excluding hydrogens is 554 g/mol. The molecule has 0 aliphatic carbocycles. The van der Waals surface area contributed by atoms with E-state index in [0.717, 1.165) is 27.2 Å². The van der Waals surface area contributed by atoms with Gasteiger partial charge in [0.1, 0.15) is 29.2 Å². The molecule has 0 spiro atoms. The maximum Gasteiger partial charge on any atom is 0.407 e. The molecule has 1 fully saturated rings. The predicted octanol–water partition coefficient (Wildman–Crippen LogP) is 4.50. The van der Waals surface area contributed by atoms with Gasteiger partial charge >= 0.3 is 6.09 Å². The number of aliphatic hydroxyl groups excluding tert-OH is 1. The highest BCUT2D eigenvalue weighted by molar-refractivity contribution is 9.10. The van der Waals surface area contributed by atoms with Crippen LogP contribution in [0.3, 0.4) is 0 Å². The lowest BCUT2D eigenvalue weighted by Crippen LogP contribution is -2.56. The molecule has 3 aromatic heterocycles. The second kappa shape index (κ2) is 10.8. The number of hydrogen-bond donors (Lipinski definition) is 3. The number of aliphatic hydroxyl groups is 1. The number of benzene rings is 1. The van der Waals surface area contributed by atoms with Crippen LogP contribution in [0.25, 0.3) is 11.0 Å². The van der Waals surface area contributed by atoms with Crippen molar-refractivity contribution in [3.05, 3.63) is 64.7 Å². The standard InChI is InChI=1S/C26H26BrN7O4/c1-15-9-17(4-6-22(15)38-19-5-3-16(2)28-11-19)31-24-23-21(29-14-30-24)10-20(27)25(32-23)33-7-8-34(26(36)37)18(12-33)13-35/h3-6,9-11,14,18,35H,7-8,12-13H2,1-2H3,(H,36,37)(H,29,30,31). The lowest BCUT2D eigenvalue weighted by atomic mass is 10.2. The van der Waals surface area contributed by atoms with Crippen LogP contribution in [0.5, 0.6) is 11.5 Å². The van der Waals surface area contributed by atoms with Crippen molar-refractivity contribution < 1.29 is 19.7 Å². The first kappa shape index (κ1) is 25.6. The van der Waals surface area contributed by atoms with Gasteiger partial charge < -0.3 is 25.2 Å². The van der Waals surface area contributed by atoms with Gasteiger partial charge in [0.15, 0.2) is 5.82 Å². The molecule has 12 heteroatoms. The van der Waals surface area contributed by atoms with E-state index in [4.69, 9.17) is 9.72 Å². The van der Waals surface area contributed by atoms with Crippen LogP contribution in [0.15, 0.2) is 53.4 Å². The largest absolute Gasteiger partial charge is 0.465 e. The van der Waals surface area contributed by atoms with Crippen LogP contribution in [0.4, 0.5) is 22.1 Å². The third-order valence-corrected chi connectivity index (χ3v) is 6.92. The van der Waals surface area contributed by atoms with Gasteiger partial charge in [-0.2, -0.15) is 0 Å². The van der Waals surface area contributed by atoms with Gasteiger partial charge in [-0.3, -0.25) is 9.88 Å². The topological polar surface area (TPSA) is 137 Å². The van der Waals surface area contributed by atoms with Crippen LogP contribution in [-0.2, 0) is 0 Å². The Hall–Kier alpha value is -4.03. The summed E-state index contributed by atoms with van der Waals surface area (Å²) in [5.74, 6) is 2.54. The summed E-state index contributed by atoms with van der Waals surface area (Å²) in [6.07, 6.45) is 2.12. The van der Waals surface area contributed by atoms with Crippen LogP contribution >= 0.6 is 15.9 Å². The number of nitrogens with one attached hydrogen (secondary N) is 1. The van der Waals surface area contributed by atoms with Gasteiger partial charge in [-0.1, -0.05) is 0 Å². The first-order chi connectivity index (χ1) is 18.3. The molecule has 1 aromatic carbocycles. The molecule has 1 aliphatic heterocycles. The molecule has 5 rings (SSSR count). The number of nitrogens with zero attached hydrogens (tertiary/aromatic N) is 6. The van der Waals surface area contributed by atoms with E-state index in [9.17, 15) is 15.0 Å². The number of fused-ring (bicyclic) bond motifs is 1. The highest BCUT2D eigenvalue weighted by Gasteiger charge is 2.31. The molecule has 1 unspecified atom stereocenters. The maximum atomic E-state index is 11.5. The molecule has 1 aliphatic rings. The van der Waals surface area contributed by atoms with Gasteiger partial charge in [0, 0.05) is 31.0 Å². The van der Waals surface area contributed by atoms with Crippen molar-refractivity contribution >= 4 is 50.4 Å². The summed E-state index contributed by atoms with van der Waals surface area (Å²) < 4.78 is 6.70. The average molecular weight is 580 g/mol. The quantitative estimate of drug-likeness (QED) is 0.299. The Morgan fingerprint density at radius 3 is 2.71 bits per heavy atom. The van der Waals surface area contributed by atoms with Crippen LogP contribution in [0, 0.1) is 13.8 Å². The van der Waals surface area contributed by atoms with Crippen molar-refractivity contribution in [2.75, 3.05) is 36.5 Å². The number of carboxylic acid groups (broad SMARTS) is 1. The molecule has 1 amide bonds. The summed E-state index contributed by atoms with van der Waals surface area (Å²) in [6.45, 7) is 4.62. The summed E-state index contributed by atoms with van der Waals surface area (Å²) >= 11 is 3.58. The third-order valence-electron chi connectivity index (χ3n) is 6.33. The average Bonchev–Trinajstić information content (AvgIpc) is 2.90. The fourth-order valence-electron chi connectivity index (χ4n) is 4.34. The Morgan fingerprint density at radius 2 is 2.00 bits per heavy atom. The van der Waals surface area contributed by atoms with Gasteiger partial charge in [-0.25, -0.2) is 19.7 Å². The van der Waals surface area contributed by atoms with E-state index in [-0.39, 0.29) is 13.2 Å². The first-order valence-corrected chi connectivity index (χ1v) is 12.8. The van der Waals surface area contributed by atoms with Crippen LogP contribution in [-0.4, -0.2) is 73.4 Å². The minimum Gasteiger partial charge on any atom is -0.465 e. The summed E-state index contributed by atoms with van der Waals surface area (Å²) in [4.78, 5) is 32.6. The highest BCUT2D eigenvalue weighted by atomic mass is 79.9.